The van der Waals surface area contributed by atoms with Crippen molar-refractivity contribution >= 4 is 11.8 Å². The van der Waals surface area contributed by atoms with Crippen LogP contribution in [0.3, 0.4) is 0 Å². The summed E-state index contributed by atoms with van der Waals surface area (Å²) in [6.07, 6.45) is 9.51. The summed E-state index contributed by atoms with van der Waals surface area (Å²) in [4.78, 5) is 6.49. The summed E-state index contributed by atoms with van der Waals surface area (Å²) in [6.45, 7) is 0.985. The molecule has 21 heavy (non-hydrogen) atoms. The van der Waals surface area contributed by atoms with Crippen LogP contribution in [0, 0.1) is 0 Å². The van der Waals surface area contributed by atoms with Gasteiger partial charge in [0.25, 0.3) is 0 Å². The van der Waals surface area contributed by atoms with Gasteiger partial charge in [-0.3, -0.25) is 4.98 Å². The van der Waals surface area contributed by atoms with Gasteiger partial charge in [-0.2, -0.15) is 0 Å². The highest BCUT2D eigenvalue weighted by molar-refractivity contribution is 5.63. The molecule has 3 heteroatoms. The lowest BCUT2D eigenvalue weighted by atomic mass is 9.90. The topological polar surface area (TPSA) is 36.4 Å². The first kappa shape index (κ1) is 12.6. The molecule has 2 heterocycles. The second-order valence-electron chi connectivity index (χ2n) is 5.72. The van der Waals surface area contributed by atoms with E-state index in [9.17, 15) is 5.11 Å². The maximum absolute atomic E-state index is 10.8. The fraction of sp³-hybridized carbons (Fsp3) is 0.278. The Hall–Kier alpha value is -2.13. The van der Waals surface area contributed by atoms with E-state index in [4.69, 9.17) is 0 Å². The molecule has 0 unspecified atom stereocenters. The third-order valence-corrected chi connectivity index (χ3v) is 4.51. The predicted molar refractivity (Wildman–Crippen MR) is 84.1 cm³/mol. The minimum absolute atomic E-state index is 0.0110. The molecule has 0 saturated heterocycles. The van der Waals surface area contributed by atoms with Gasteiger partial charge in [0.05, 0.1) is 6.04 Å². The predicted octanol–water partition coefficient (Wildman–Crippen LogP) is 2.96. The van der Waals surface area contributed by atoms with Crippen LogP contribution in [0.25, 0.3) is 6.08 Å². The highest BCUT2D eigenvalue weighted by atomic mass is 16.3. The number of aliphatic hydroxyl groups is 1. The number of aliphatic hydroxyl groups excluding tert-OH is 1. The van der Waals surface area contributed by atoms with E-state index in [1.807, 2.05) is 6.07 Å². The number of anilines is 1. The van der Waals surface area contributed by atoms with Crippen molar-refractivity contribution in [2.24, 2.45) is 0 Å². The highest BCUT2D eigenvalue weighted by Gasteiger charge is 2.31. The van der Waals surface area contributed by atoms with E-state index in [2.05, 4.69) is 46.3 Å². The number of aryl methyl sites for hydroxylation is 1. The summed E-state index contributed by atoms with van der Waals surface area (Å²) in [7, 11) is 0. The number of para-hydroxylation sites is 1. The Bertz CT molecular complexity index is 695. The normalized spacial score (nSPS) is 23.6. The molecule has 0 saturated carbocycles. The first-order chi connectivity index (χ1) is 10.3. The molecule has 2 aromatic rings. The number of hydrogen-bond acceptors (Lipinski definition) is 3. The number of rotatable bonds is 1. The van der Waals surface area contributed by atoms with Crippen LogP contribution in [0.1, 0.15) is 29.2 Å². The van der Waals surface area contributed by atoms with E-state index >= 15 is 0 Å². The molecule has 106 valence electrons. The van der Waals surface area contributed by atoms with Crippen LogP contribution in [0.15, 0.2) is 48.8 Å². The second kappa shape index (κ2) is 5.01. The van der Waals surface area contributed by atoms with Crippen molar-refractivity contribution in [3.05, 3.63) is 65.5 Å². The van der Waals surface area contributed by atoms with Gasteiger partial charge in [-0.25, -0.2) is 0 Å². The van der Waals surface area contributed by atoms with E-state index < -0.39 is 6.10 Å². The van der Waals surface area contributed by atoms with Crippen LogP contribution in [0.2, 0.25) is 0 Å². The summed E-state index contributed by atoms with van der Waals surface area (Å²) in [5.41, 5.74) is 4.62. The van der Waals surface area contributed by atoms with Gasteiger partial charge in [-0.15, -0.1) is 0 Å². The molecule has 1 aliphatic carbocycles. The molecule has 0 spiro atoms. The van der Waals surface area contributed by atoms with Crippen LogP contribution in [-0.2, 0) is 6.42 Å². The zero-order chi connectivity index (χ0) is 14.2. The van der Waals surface area contributed by atoms with Crippen LogP contribution in [0.4, 0.5) is 5.69 Å². The second-order valence-corrected chi connectivity index (χ2v) is 5.72. The Balaban J connectivity index is 1.73. The number of pyridine rings is 1. The first-order valence-electron chi connectivity index (χ1n) is 7.49. The fourth-order valence-corrected chi connectivity index (χ4v) is 3.45. The van der Waals surface area contributed by atoms with E-state index in [-0.39, 0.29) is 6.04 Å². The SMILES string of the molecule is O[C@@H]1c2cnccc2C=C[C@H]1N1CCCc2ccccc21. The number of hydrogen-bond donors (Lipinski definition) is 1. The number of fused-ring (bicyclic) bond motifs is 2. The maximum Gasteiger partial charge on any atom is 0.105 e. The molecule has 2 atom stereocenters. The quantitative estimate of drug-likeness (QED) is 0.871. The Labute approximate surface area is 124 Å². The van der Waals surface area contributed by atoms with Gasteiger partial charge < -0.3 is 10.0 Å². The van der Waals surface area contributed by atoms with Crippen LogP contribution in [0.5, 0.6) is 0 Å². The molecule has 1 aliphatic heterocycles. The first-order valence-corrected chi connectivity index (χ1v) is 7.49. The number of benzene rings is 1. The molecule has 2 aliphatic rings. The molecule has 0 bridgehead atoms. The van der Waals surface area contributed by atoms with Crippen molar-refractivity contribution in [2.45, 2.75) is 25.0 Å². The van der Waals surface area contributed by atoms with Gasteiger partial charge in [0.2, 0.25) is 0 Å². The minimum Gasteiger partial charge on any atom is -0.386 e. The molecule has 0 fully saturated rings. The lowest BCUT2D eigenvalue weighted by Gasteiger charge is -2.40. The van der Waals surface area contributed by atoms with E-state index in [0.29, 0.717) is 0 Å². The third kappa shape index (κ3) is 2.05. The zero-order valence-corrected chi connectivity index (χ0v) is 11.8. The molecule has 0 radical (unpaired) electrons. The smallest absolute Gasteiger partial charge is 0.105 e. The van der Waals surface area contributed by atoms with Crippen molar-refractivity contribution in [3.63, 3.8) is 0 Å². The van der Waals surface area contributed by atoms with Gasteiger partial charge >= 0.3 is 0 Å². The van der Waals surface area contributed by atoms with Crippen molar-refractivity contribution < 1.29 is 5.11 Å². The molecular formula is C18H18N2O. The summed E-state index contributed by atoms with van der Waals surface area (Å²) < 4.78 is 0. The average Bonchev–Trinajstić information content (AvgIpc) is 2.55. The Morgan fingerprint density at radius 2 is 2.10 bits per heavy atom. The van der Waals surface area contributed by atoms with Crippen molar-refractivity contribution in [1.29, 1.82) is 0 Å². The van der Waals surface area contributed by atoms with E-state index in [0.717, 1.165) is 30.5 Å². The summed E-state index contributed by atoms with van der Waals surface area (Å²) >= 11 is 0. The van der Waals surface area contributed by atoms with Gasteiger partial charge in [0, 0.05) is 30.2 Å². The molecule has 1 aromatic carbocycles. The molecule has 3 nitrogen and oxygen atoms in total. The monoisotopic (exact) mass is 278 g/mol. The van der Waals surface area contributed by atoms with Crippen molar-refractivity contribution in [3.8, 4) is 0 Å². The maximum atomic E-state index is 10.8. The standard InChI is InChI=1S/C18H18N2O/c21-18-15-12-19-10-9-13(15)7-8-17(18)20-11-3-5-14-4-1-2-6-16(14)20/h1-2,4,6-10,12,17-18,21H,3,5,11H2/t17-,18-/m1/s1. The highest BCUT2D eigenvalue weighted by Crippen LogP contribution is 2.36. The lowest BCUT2D eigenvalue weighted by Crippen LogP contribution is -2.42. The minimum atomic E-state index is -0.523. The molecule has 0 amide bonds. The largest absolute Gasteiger partial charge is 0.386 e. The number of aromatic nitrogens is 1. The Morgan fingerprint density at radius 3 is 3.05 bits per heavy atom. The Kier molecular flexibility index (Phi) is 3.00. The molecule has 1 N–H and O–H groups in total. The van der Waals surface area contributed by atoms with Crippen molar-refractivity contribution in [1.82, 2.24) is 4.98 Å². The third-order valence-electron chi connectivity index (χ3n) is 4.51. The Morgan fingerprint density at radius 1 is 1.19 bits per heavy atom. The van der Waals surface area contributed by atoms with Gasteiger partial charge in [-0.1, -0.05) is 30.4 Å². The van der Waals surface area contributed by atoms with Crippen LogP contribution < -0.4 is 4.90 Å². The number of nitrogens with zero attached hydrogens (tertiary/aromatic N) is 2. The molecular weight excluding hydrogens is 260 g/mol. The summed E-state index contributed by atoms with van der Waals surface area (Å²) in [5.74, 6) is 0. The summed E-state index contributed by atoms with van der Waals surface area (Å²) in [5, 5.41) is 10.8. The van der Waals surface area contributed by atoms with Crippen LogP contribution in [-0.4, -0.2) is 22.7 Å². The van der Waals surface area contributed by atoms with E-state index in [1.54, 1.807) is 12.4 Å². The van der Waals surface area contributed by atoms with E-state index in [1.165, 1.54) is 11.3 Å². The zero-order valence-electron chi connectivity index (χ0n) is 11.8. The van der Waals surface area contributed by atoms with Gasteiger partial charge in [0.1, 0.15) is 6.10 Å². The van der Waals surface area contributed by atoms with Gasteiger partial charge in [0.15, 0.2) is 0 Å². The molecule has 4 rings (SSSR count). The van der Waals surface area contributed by atoms with Gasteiger partial charge in [-0.05, 0) is 36.1 Å². The van der Waals surface area contributed by atoms with Crippen molar-refractivity contribution in [2.75, 3.05) is 11.4 Å². The average molecular weight is 278 g/mol. The fourth-order valence-electron chi connectivity index (χ4n) is 3.45. The lowest BCUT2D eigenvalue weighted by molar-refractivity contribution is 0.156. The van der Waals surface area contributed by atoms with Crippen LogP contribution >= 0.6 is 0 Å². The molecule has 1 aromatic heterocycles. The summed E-state index contributed by atoms with van der Waals surface area (Å²) in [6, 6.07) is 10.5.